The number of benzene rings is 3. The molecule has 28 heavy (non-hydrogen) atoms. The minimum absolute atomic E-state index is 0.0423. The predicted molar refractivity (Wildman–Crippen MR) is 108 cm³/mol. The molecule has 1 amide bonds. The third kappa shape index (κ3) is 3.29. The Hall–Kier alpha value is -3.74. The Kier molecular flexibility index (Phi) is 4.72. The molecule has 1 aromatic heterocycles. The van der Waals surface area contributed by atoms with Gasteiger partial charge in [0.25, 0.3) is 5.91 Å². The molecule has 0 radical (unpaired) electrons. The fourth-order valence-corrected chi connectivity index (χ4v) is 3.18. The van der Waals surface area contributed by atoms with E-state index in [0.717, 1.165) is 33.1 Å². The number of hydrazone groups is 1. The number of amides is 1. The summed E-state index contributed by atoms with van der Waals surface area (Å²) in [6.45, 7) is 1.90. The number of carbonyl (C=O) groups is 1. The standard InChI is InChI=1S/C21H19N5O2/c1-14(15-11-12-20(28-2)17-8-4-3-7-16(15)17)22-24-21(27)13-26-19-10-6-5-9-18(19)23-25-26/h3-12H,13H2,1-2H3,(H,24,27)/b22-14-. The Labute approximate surface area is 161 Å². The van der Waals surface area contributed by atoms with E-state index in [1.165, 1.54) is 0 Å². The third-order valence-corrected chi connectivity index (χ3v) is 4.56. The first kappa shape index (κ1) is 17.7. The first-order valence-corrected chi connectivity index (χ1v) is 8.85. The second-order valence-corrected chi connectivity index (χ2v) is 6.33. The molecule has 4 rings (SSSR count). The number of hydrogen-bond donors (Lipinski definition) is 1. The summed E-state index contributed by atoms with van der Waals surface area (Å²) in [7, 11) is 1.65. The van der Waals surface area contributed by atoms with Crippen molar-refractivity contribution in [2.75, 3.05) is 7.11 Å². The third-order valence-electron chi connectivity index (χ3n) is 4.56. The molecule has 0 saturated heterocycles. The quantitative estimate of drug-likeness (QED) is 0.430. The zero-order valence-electron chi connectivity index (χ0n) is 15.6. The van der Waals surface area contributed by atoms with Gasteiger partial charge in [-0.3, -0.25) is 4.79 Å². The summed E-state index contributed by atoms with van der Waals surface area (Å²) in [5.41, 5.74) is 5.80. The number of hydrogen-bond acceptors (Lipinski definition) is 5. The molecule has 0 spiro atoms. The van der Waals surface area contributed by atoms with Crippen molar-refractivity contribution in [2.24, 2.45) is 5.10 Å². The molecule has 7 heteroatoms. The Bertz CT molecular complexity index is 1200. The van der Waals surface area contributed by atoms with Crippen molar-refractivity contribution in [3.63, 3.8) is 0 Å². The van der Waals surface area contributed by atoms with Crippen molar-refractivity contribution >= 4 is 33.4 Å². The maximum atomic E-state index is 12.3. The maximum absolute atomic E-state index is 12.3. The van der Waals surface area contributed by atoms with Crippen molar-refractivity contribution in [3.05, 3.63) is 66.2 Å². The summed E-state index contributed by atoms with van der Waals surface area (Å²) in [4.78, 5) is 12.3. The Morgan fingerprint density at radius 2 is 1.82 bits per heavy atom. The summed E-state index contributed by atoms with van der Waals surface area (Å²) in [5, 5.41) is 14.4. The average molecular weight is 373 g/mol. The molecule has 7 nitrogen and oxygen atoms in total. The lowest BCUT2D eigenvalue weighted by Crippen LogP contribution is -2.24. The number of para-hydroxylation sites is 1. The molecule has 0 aliphatic carbocycles. The summed E-state index contributed by atoms with van der Waals surface area (Å²) >= 11 is 0. The highest BCUT2D eigenvalue weighted by Crippen LogP contribution is 2.28. The van der Waals surface area contributed by atoms with Gasteiger partial charge in [0.1, 0.15) is 17.8 Å². The summed E-state index contributed by atoms with van der Waals surface area (Å²) in [6.07, 6.45) is 0. The Balaban J connectivity index is 1.55. The van der Waals surface area contributed by atoms with Crippen LogP contribution in [-0.4, -0.2) is 33.7 Å². The van der Waals surface area contributed by atoms with E-state index in [2.05, 4.69) is 20.8 Å². The molecule has 1 N–H and O–H groups in total. The molecule has 0 atom stereocenters. The van der Waals surface area contributed by atoms with E-state index < -0.39 is 0 Å². The van der Waals surface area contributed by atoms with E-state index in [1.807, 2.05) is 67.6 Å². The second kappa shape index (κ2) is 7.48. The van der Waals surface area contributed by atoms with Gasteiger partial charge in [0.15, 0.2) is 0 Å². The number of carbonyl (C=O) groups excluding carboxylic acids is 1. The van der Waals surface area contributed by atoms with E-state index in [1.54, 1.807) is 11.8 Å². The molecule has 0 fully saturated rings. The zero-order valence-corrected chi connectivity index (χ0v) is 15.6. The Morgan fingerprint density at radius 3 is 2.64 bits per heavy atom. The highest BCUT2D eigenvalue weighted by atomic mass is 16.5. The van der Waals surface area contributed by atoms with Crippen molar-refractivity contribution in [2.45, 2.75) is 13.5 Å². The normalized spacial score (nSPS) is 11.7. The smallest absolute Gasteiger partial charge is 0.261 e. The second-order valence-electron chi connectivity index (χ2n) is 6.33. The monoisotopic (exact) mass is 373 g/mol. The van der Waals surface area contributed by atoms with Gasteiger partial charge in [0, 0.05) is 10.9 Å². The van der Waals surface area contributed by atoms with Crippen LogP contribution in [0.15, 0.2) is 65.8 Å². The lowest BCUT2D eigenvalue weighted by molar-refractivity contribution is -0.121. The summed E-state index contributed by atoms with van der Waals surface area (Å²) in [6, 6.07) is 19.3. The van der Waals surface area contributed by atoms with Crippen LogP contribution in [-0.2, 0) is 11.3 Å². The molecule has 3 aromatic carbocycles. The highest BCUT2D eigenvalue weighted by Gasteiger charge is 2.10. The number of nitrogens with zero attached hydrogens (tertiary/aromatic N) is 4. The van der Waals surface area contributed by atoms with Crippen LogP contribution in [0.5, 0.6) is 5.75 Å². The first-order valence-electron chi connectivity index (χ1n) is 8.85. The average Bonchev–Trinajstić information content (AvgIpc) is 3.14. The number of methoxy groups -OCH3 is 1. The topological polar surface area (TPSA) is 81.4 Å². The minimum Gasteiger partial charge on any atom is -0.496 e. The maximum Gasteiger partial charge on any atom is 0.261 e. The van der Waals surface area contributed by atoms with Crippen LogP contribution >= 0.6 is 0 Å². The molecule has 0 aliphatic rings. The van der Waals surface area contributed by atoms with Gasteiger partial charge >= 0.3 is 0 Å². The molecule has 4 aromatic rings. The van der Waals surface area contributed by atoms with Crippen LogP contribution in [0.2, 0.25) is 0 Å². The van der Waals surface area contributed by atoms with Gasteiger partial charge in [-0.2, -0.15) is 5.10 Å². The largest absolute Gasteiger partial charge is 0.496 e. The molecule has 1 heterocycles. The van der Waals surface area contributed by atoms with Gasteiger partial charge in [-0.15, -0.1) is 5.10 Å². The summed E-state index contributed by atoms with van der Waals surface area (Å²) in [5.74, 6) is 0.530. The van der Waals surface area contributed by atoms with Gasteiger partial charge in [-0.05, 0) is 36.6 Å². The molecular weight excluding hydrogens is 354 g/mol. The van der Waals surface area contributed by atoms with Gasteiger partial charge < -0.3 is 4.74 Å². The van der Waals surface area contributed by atoms with Crippen LogP contribution in [0.4, 0.5) is 0 Å². The molecule has 0 aliphatic heterocycles. The van der Waals surface area contributed by atoms with E-state index >= 15 is 0 Å². The number of nitrogens with one attached hydrogen (secondary N) is 1. The highest BCUT2D eigenvalue weighted by molar-refractivity contribution is 6.11. The molecule has 0 unspecified atom stereocenters. The fraction of sp³-hybridized carbons (Fsp3) is 0.143. The van der Waals surface area contributed by atoms with Gasteiger partial charge in [-0.1, -0.05) is 41.6 Å². The predicted octanol–water partition coefficient (Wildman–Crippen LogP) is 3.13. The van der Waals surface area contributed by atoms with Crippen molar-refractivity contribution in [1.29, 1.82) is 0 Å². The van der Waals surface area contributed by atoms with Crippen LogP contribution in [0, 0.1) is 0 Å². The van der Waals surface area contributed by atoms with Crippen molar-refractivity contribution < 1.29 is 9.53 Å². The lowest BCUT2D eigenvalue weighted by Gasteiger charge is -2.10. The molecular formula is C21H19N5O2. The number of ether oxygens (including phenoxy) is 1. The fourth-order valence-electron chi connectivity index (χ4n) is 3.18. The summed E-state index contributed by atoms with van der Waals surface area (Å²) < 4.78 is 6.98. The van der Waals surface area contributed by atoms with Crippen molar-refractivity contribution in [1.82, 2.24) is 20.4 Å². The number of rotatable bonds is 5. The first-order chi connectivity index (χ1) is 13.7. The van der Waals surface area contributed by atoms with Gasteiger partial charge in [0.05, 0.1) is 18.3 Å². The number of aromatic nitrogens is 3. The van der Waals surface area contributed by atoms with E-state index in [4.69, 9.17) is 4.74 Å². The van der Waals surface area contributed by atoms with Gasteiger partial charge in [0.2, 0.25) is 0 Å². The van der Waals surface area contributed by atoms with E-state index in [-0.39, 0.29) is 12.5 Å². The van der Waals surface area contributed by atoms with Crippen LogP contribution in [0.25, 0.3) is 21.8 Å². The van der Waals surface area contributed by atoms with Crippen molar-refractivity contribution in [3.8, 4) is 5.75 Å². The lowest BCUT2D eigenvalue weighted by atomic mass is 10.0. The number of fused-ring (bicyclic) bond motifs is 2. The van der Waals surface area contributed by atoms with Crippen LogP contribution in [0.1, 0.15) is 12.5 Å². The van der Waals surface area contributed by atoms with Gasteiger partial charge in [-0.25, -0.2) is 10.1 Å². The van der Waals surface area contributed by atoms with Crippen LogP contribution < -0.4 is 10.2 Å². The van der Waals surface area contributed by atoms with E-state index in [0.29, 0.717) is 5.71 Å². The Morgan fingerprint density at radius 1 is 1.07 bits per heavy atom. The SMILES string of the molecule is COc1ccc(/C(C)=N\NC(=O)Cn2nnc3ccccc32)c2ccccc12. The zero-order chi connectivity index (χ0) is 19.5. The minimum atomic E-state index is -0.271. The van der Waals surface area contributed by atoms with Crippen LogP contribution in [0.3, 0.4) is 0 Å². The van der Waals surface area contributed by atoms with E-state index in [9.17, 15) is 4.79 Å². The molecule has 0 bridgehead atoms. The molecule has 0 saturated carbocycles. The molecule has 140 valence electrons.